The van der Waals surface area contributed by atoms with E-state index < -0.39 is 0 Å². The molecule has 0 saturated carbocycles. The Morgan fingerprint density at radius 1 is 1.10 bits per heavy atom. The van der Waals surface area contributed by atoms with Gasteiger partial charge < -0.3 is 14.8 Å². The fourth-order valence-corrected chi connectivity index (χ4v) is 3.30. The Morgan fingerprint density at radius 2 is 1.79 bits per heavy atom. The zero-order valence-electron chi connectivity index (χ0n) is 16.5. The highest BCUT2D eigenvalue weighted by atomic mass is 16.5. The van der Waals surface area contributed by atoms with Crippen LogP contribution in [0.3, 0.4) is 0 Å². The molecule has 0 bridgehead atoms. The number of ether oxygens (including phenoxy) is 2. The molecule has 1 heterocycles. The summed E-state index contributed by atoms with van der Waals surface area (Å²) in [4.78, 5) is 26.2. The van der Waals surface area contributed by atoms with Crippen molar-refractivity contribution < 1.29 is 19.1 Å². The predicted molar refractivity (Wildman–Crippen MR) is 111 cm³/mol. The van der Waals surface area contributed by atoms with Crippen LogP contribution in [-0.2, 0) is 14.3 Å². The van der Waals surface area contributed by atoms with Crippen LogP contribution in [0.2, 0.25) is 0 Å². The first-order valence-corrected chi connectivity index (χ1v) is 9.68. The van der Waals surface area contributed by atoms with Crippen molar-refractivity contribution in [2.24, 2.45) is 0 Å². The van der Waals surface area contributed by atoms with Gasteiger partial charge in [-0.3, -0.25) is 9.69 Å². The minimum atomic E-state index is -0.381. The van der Waals surface area contributed by atoms with E-state index in [1.54, 1.807) is 30.3 Å². The molecule has 3 rings (SSSR count). The van der Waals surface area contributed by atoms with Crippen molar-refractivity contribution >= 4 is 18.0 Å². The molecular weight excluding hydrogens is 368 g/mol. The number of methoxy groups -OCH3 is 1. The molecule has 2 aromatic carbocycles. The zero-order chi connectivity index (χ0) is 20.5. The fraction of sp³-hybridized carbons (Fsp3) is 0.304. The monoisotopic (exact) mass is 394 g/mol. The van der Waals surface area contributed by atoms with Crippen molar-refractivity contribution in [3.63, 3.8) is 0 Å². The minimum absolute atomic E-state index is 0.108. The Kier molecular flexibility index (Phi) is 7.55. The summed E-state index contributed by atoms with van der Waals surface area (Å²) in [6.45, 7) is 3.63. The van der Waals surface area contributed by atoms with Crippen molar-refractivity contribution in [3.05, 3.63) is 77.4 Å². The van der Waals surface area contributed by atoms with Gasteiger partial charge in [-0.15, -0.1) is 0 Å². The lowest BCUT2D eigenvalue weighted by molar-refractivity contribution is -0.116. The molecule has 0 radical (unpaired) electrons. The molecule has 1 amide bonds. The van der Waals surface area contributed by atoms with Gasteiger partial charge in [0.1, 0.15) is 0 Å². The van der Waals surface area contributed by atoms with Gasteiger partial charge >= 0.3 is 5.97 Å². The van der Waals surface area contributed by atoms with Gasteiger partial charge in [0.2, 0.25) is 5.91 Å². The summed E-state index contributed by atoms with van der Waals surface area (Å²) >= 11 is 0. The molecule has 1 unspecified atom stereocenters. The maximum atomic E-state index is 12.3. The predicted octanol–water partition coefficient (Wildman–Crippen LogP) is 2.68. The number of morpholine rings is 1. The molecule has 29 heavy (non-hydrogen) atoms. The maximum absolute atomic E-state index is 12.3. The quantitative estimate of drug-likeness (QED) is 0.578. The smallest absolute Gasteiger partial charge is 0.337 e. The van der Waals surface area contributed by atoms with Crippen molar-refractivity contribution in [2.75, 3.05) is 40.0 Å². The summed E-state index contributed by atoms with van der Waals surface area (Å²) in [5.74, 6) is -0.537. The first-order valence-electron chi connectivity index (χ1n) is 9.68. The summed E-state index contributed by atoms with van der Waals surface area (Å²) in [7, 11) is 1.35. The number of amides is 1. The third-order valence-corrected chi connectivity index (χ3v) is 4.90. The van der Waals surface area contributed by atoms with Gasteiger partial charge in [0, 0.05) is 25.7 Å². The van der Waals surface area contributed by atoms with Gasteiger partial charge in [-0.1, -0.05) is 42.5 Å². The normalized spacial score (nSPS) is 15.8. The van der Waals surface area contributed by atoms with Crippen LogP contribution in [-0.4, -0.2) is 56.7 Å². The third-order valence-electron chi connectivity index (χ3n) is 4.90. The second-order valence-electron chi connectivity index (χ2n) is 6.77. The lowest BCUT2D eigenvalue weighted by Gasteiger charge is -2.34. The summed E-state index contributed by atoms with van der Waals surface area (Å²) in [5.41, 5.74) is 2.49. The number of nitrogens with one attached hydrogen (secondary N) is 1. The molecule has 1 N–H and O–H groups in total. The second-order valence-corrected chi connectivity index (χ2v) is 6.77. The average Bonchev–Trinajstić information content (AvgIpc) is 2.79. The third kappa shape index (κ3) is 6.01. The lowest BCUT2D eigenvalue weighted by atomic mass is 10.0. The largest absolute Gasteiger partial charge is 0.465 e. The van der Waals surface area contributed by atoms with E-state index in [0.29, 0.717) is 25.3 Å². The number of carbonyl (C=O) groups excluding carboxylic acids is 2. The number of benzene rings is 2. The number of hydrogen-bond acceptors (Lipinski definition) is 5. The fourth-order valence-electron chi connectivity index (χ4n) is 3.30. The minimum Gasteiger partial charge on any atom is -0.465 e. The van der Waals surface area contributed by atoms with Gasteiger partial charge in [0.15, 0.2) is 0 Å². The van der Waals surface area contributed by atoms with E-state index in [1.165, 1.54) is 18.7 Å². The van der Waals surface area contributed by atoms with Crippen LogP contribution in [0.25, 0.3) is 6.08 Å². The van der Waals surface area contributed by atoms with Crippen molar-refractivity contribution in [1.82, 2.24) is 10.2 Å². The zero-order valence-corrected chi connectivity index (χ0v) is 16.5. The standard InChI is InChI=1S/C23H26N2O4/c1-28-23(27)20-10-7-18(8-11-20)9-12-22(26)24-17-21(19-5-3-2-4-6-19)25-13-15-29-16-14-25/h2-12,21H,13-17H2,1H3,(H,24,26)/b12-9+. The van der Waals surface area contributed by atoms with Crippen LogP contribution < -0.4 is 5.32 Å². The molecule has 0 spiro atoms. The van der Waals surface area contributed by atoms with Crippen LogP contribution in [0.5, 0.6) is 0 Å². The Hall–Kier alpha value is -2.96. The number of rotatable bonds is 7. The maximum Gasteiger partial charge on any atom is 0.337 e. The lowest BCUT2D eigenvalue weighted by Crippen LogP contribution is -2.43. The molecule has 0 aromatic heterocycles. The van der Waals surface area contributed by atoms with Crippen LogP contribution in [0.4, 0.5) is 0 Å². The summed E-state index contributed by atoms with van der Waals surface area (Å²) in [6, 6.07) is 17.2. The van der Waals surface area contributed by atoms with Gasteiger partial charge in [-0.05, 0) is 29.3 Å². The van der Waals surface area contributed by atoms with E-state index in [4.69, 9.17) is 4.74 Å². The first-order chi connectivity index (χ1) is 14.2. The topological polar surface area (TPSA) is 67.9 Å². The van der Waals surface area contributed by atoms with Crippen molar-refractivity contribution in [2.45, 2.75) is 6.04 Å². The molecule has 1 saturated heterocycles. The van der Waals surface area contributed by atoms with E-state index >= 15 is 0 Å². The molecule has 1 aliphatic heterocycles. The van der Waals surface area contributed by atoms with Gasteiger partial charge in [-0.25, -0.2) is 4.79 Å². The Balaban J connectivity index is 1.59. The van der Waals surface area contributed by atoms with E-state index in [9.17, 15) is 9.59 Å². The van der Waals surface area contributed by atoms with Crippen LogP contribution in [0, 0.1) is 0 Å². The SMILES string of the molecule is COC(=O)c1ccc(/C=C/C(=O)NCC(c2ccccc2)N2CCOCC2)cc1. The van der Waals surface area contributed by atoms with Crippen LogP contribution >= 0.6 is 0 Å². The highest BCUT2D eigenvalue weighted by Crippen LogP contribution is 2.21. The van der Waals surface area contributed by atoms with Gasteiger partial charge in [0.05, 0.1) is 31.9 Å². The van der Waals surface area contributed by atoms with Crippen molar-refractivity contribution in [3.8, 4) is 0 Å². The summed E-state index contributed by atoms with van der Waals surface area (Å²) in [6.07, 6.45) is 3.23. The molecule has 6 nitrogen and oxygen atoms in total. The van der Waals surface area contributed by atoms with Gasteiger partial charge in [0.25, 0.3) is 0 Å². The van der Waals surface area contributed by atoms with Crippen LogP contribution in [0.15, 0.2) is 60.7 Å². The second kappa shape index (κ2) is 10.5. The Bertz CT molecular complexity index is 828. The molecule has 1 atom stereocenters. The summed E-state index contributed by atoms with van der Waals surface area (Å²) < 4.78 is 10.1. The highest BCUT2D eigenvalue weighted by molar-refractivity contribution is 5.92. The van der Waals surface area contributed by atoms with E-state index in [0.717, 1.165) is 18.7 Å². The molecule has 0 aliphatic carbocycles. The first kappa shape index (κ1) is 20.8. The molecule has 1 fully saturated rings. The molecule has 152 valence electrons. The number of nitrogens with zero attached hydrogens (tertiary/aromatic N) is 1. The van der Waals surface area contributed by atoms with E-state index in [-0.39, 0.29) is 17.9 Å². The molecular formula is C23H26N2O4. The number of carbonyl (C=O) groups is 2. The van der Waals surface area contributed by atoms with Gasteiger partial charge in [-0.2, -0.15) is 0 Å². The molecule has 6 heteroatoms. The van der Waals surface area contributed by atoms with E-state index in [2.05, 4.69) is 27.1 Å². The molecule has 2 aromatic rings. The van der Waals surface area contributed by atoms with Crippen LogP contribution in [0.1, 0.15) is 27.5 Å². The highest BCUT2D eigenvalue weighted by Gasteiger charge is 2.22. The molecule has 1 aliphatic rings. The van der Waals surface area contributed by atoms with E-state index in [1.807, 2.05) is 18.2 Å². The Labute approximate surface area is 171 Å². The number of esters is 1. The van der Waals surface area contributed by atoms with Crippen molar-refractivity contribution in [1.29, 1.82) is 0 Å². The average molecular weight is 394 g/mol. The Morgan fingerprint density at radius 3 is 2.45 bits per heavy atom. The number of hydrogen-bond donors (Lipinski definition) is 1. The summed E-state index contributed by atoms with van der Waals surface area (Å²) in [5, 5.41) is 3.01.